The minimum atomic E-state index is -2.93. The van der Waals surface area contributed by atoms with Crippen molar-refractivity contribution in [2.45, 2.75) is 38.2 Å². The Bertz CT molecular complexity index is 892. The summed E-state index contributed by atoms with van der Waals surface area (Å²) in [6.07, 6.45) is 6.93. The molecule has 140 valence electrons. The first-order valence-corrected chi connectivity index (χ1v) is 9.01. The Morgan fingerprint density at radius 3 is 2.41 bits per heavy atom. The van der Waals surface area contributed by atoms with Crippen molar-refractivity contribution in [3.05, 3.63) is 94.7 Å². The van der Waals surface area contributed by atoms with Gasteiger partial charge in [0.25, 0.3) is 5.92 Å². The van der Waals surface area contributed by atoms with E-state index in [1.807, 2.05) is 55.6 Å². The summed E-state index contributed by atoms with van der Waals surface area (Å²) in [6, 6.07) is 16.2. The molecule has 2 N–H and O–H groups in total. The highest BCUT2D eigenvalue weighted by Crippen LogP contribution is 2.36. The topological polar surface area (TPSA) is 38.4 Å². The summed E-state index contributed by atoms with van der Waals surface area (Å²) in [7, 11) is 0. The molecule has 1 unspecified atom stereocenters. The van der Waals surface area contributed by atoms with E-state index in [-0.39, 0.29) is 5.56 Å². The number of aliphatic imine (C=N–C) groups is 1. The van der Waals surface area contributed by atoms with Crippen molar-refractivity contribution in [3.8, 4) is 0 Å². The minimum absolute atomic E-state index is 0.0483. The van der Waals surface area contributed by atoms with Gasteiger partial charge in [-0.25, -0.2) is 8.78 Å². The quantitative estimate of drug-likeness (QED) is 0.745. The third kappa shape index (κ3) is 4.40. The number of hydrogen-bond donors (Lipinski definition) is 1. The van der Waals surface area contributed by atoms with E-state index < -0.39 is 11.5 Å². The molecule has 1 aliphatic rings. The van der Waals surface area contributed by atoms with Crippen LogP contribution in [-0.4, -0.2) is 6.21 Å². The maximum absolute atomic E-state index is 13.9. The molecule has 4 heteroatoms. The summed E-state index contributed by atoms with van der Waals surface area (Å²) in [5, 5.41) is 0. The second-order valence-corrected chi connectivity index (χ2v) is 7.18. The number of nitrogens with zero attached hydrogens (tertiary/aromatic N) is 1. The molecular weight excluding hydrogens is 342 g/mol. The summed E-state index contributed by atoms with van der Waals surface area (Å²) in [5.41, 5.74) is 9.32. The van der Waals surface area contributed by atoms with Crippen LogP contribution in [0.25, 0.3) is 0 Å². The molecular formula is C23H24F2N2. The number of halogens is 2. The SMILES string of the molecule is CC1=CC=C(C(N)(Cc2ccccc2)c2cccc(C(C)(F)F)c2)N=CC1. The molecule has 2 aromatic carbocycles. The van der Waals surface area contributed by atoms with E-state index in [1.165, 1.54) is 17.7 Å². The van der Waals surface area contributed by atoms with Crippen LogP contribution < -0.4 is 5.73 Å². The summed E-state index contributed by atoms with van der Waals surface area (Å²) < 4.78 is 27.8. The zero-order valence-electron chi connectivity index (χ0n) is 15.6. The monoisotopic (exact) mass is 366 g/mol. The summed E-state index contributed by atoms with van der Waals surface area (Å²) in [4.78, 5) is 4.58. The van der Waals surface area contributed by atoms with Gasteiger partial charge in [-0.15, -0.1) is 0 Å². The van der Waals surface area contributed by atoms with E-state index >= 15 is 0 Å². The lowest BCUT2D eigenvalue weighted by molar-refractivity contribution is 0.0173. The van der Waals surface area contributed by atoms with Gasteiger partial charge < -0.3 is 5.73 Å². The van der Waals surface area contributed by atoms with Gasteiger partial charge in [0, 0.05) is 31.5 Å². The Balaban J connectivity index is 2.13. The average Bonchev–Trinajstić information content (AvgIpc) is 2.87. The molecule has 1 heterocycles. The van der Waals surface area contributed by atoms with Crippen LogP contribution in [0.3, 0.4) is 0 Å². The fourth-order valence-electron chi connectivity index (χ4n) is 3.21. The smallest absolute Gasteiger partial charge is 0.270 e. The van der Waals surface area contributed by atoms with Gasteiger partial charge in [0.1, 0.15) is 0 Å². The van der Waals surface area contributed by atoms with Gasteiger partial charge >= 0.3 is 0 Å². The van der Waals surface area contributed by atoms with Gasteiger partial charge in [-0.1, -0.05) is 60.2 Å². The first kappa shape index (κ1) is 19.2. The second kappa shape index (κ2) is 7.57. The molecule has 0 saturated carbocycles. The van der Waals surface area contributed by atoms with Crippen LogP contribution in [0, 0.1) is 0 Å². The maximum Gasteiger partial charge on any atom is 0.270 e. The number of allylic oxidation sites excluding steroid dienone is 3. The van der Waals surface area contributed by atoms with E-state index in [9.17, 15) is 8.78 Å². The predicted octanol–water partition coefficient (Wildman–Crippen LogP) is 5.50. The van der Waals surface area contributed by atoms with Crippen molar-refractivity contribution in [3.63, 3.8) is 0 Å². The largest absolute Gasteiger partial charge is 0.316 e. The van der Waals surface area contributed by atoms with Crippen LogP contribution in [0.4, 0.5) is 8.78 Å². The molecule has 1 aliphatic heterocycles. The first-order valence-electron chi connectivity index (χ1n) is 9.01. The Morgan fingerprint density at radius 1 is 1.00 bits per heavy atom. The summed E-state index contributed by atoms with van der Waals surface area (Å²) >= 11 is 0. The summed E-state index contributed by atoms with van der Waals surface area (Å²) in [6.45, 7) is 2.93. The number of rotatable bonds is 5. The van der Waals surface area contributed by atoms with Crippen molar-refractivity contribution in [1.82, 2.24) is 0 Å². The lowest BCUT2D eigenvalue weighted by atomic mass is 9.80. The van der Waals surface area contributed by atoms with Crippen molar-refractivity contribution >= 4 is 6.21 Å². The fraction of sp³-hybridized carbons (Fsp3) is 0.261. The second-order valence-electron chi connectivity index (χ2n) is 7.18. The van der Waals surface area contributed by atoms with E-state index in [1.54, 1.807) is 12.1 Å². The van der Waals surface area contributed by atoms with E-state index in [2.05, 4.69) is 4.99 Å². The third-order valence-corrected chi connectivity index (χ3v) is 4.84. The van der Waals surface area contributed by atoms with Crippen LogP contribution in [0.15, 0.2) is 83.0 Å². The molecule has 0 amide bonds. The maximum atomic E-state index is 13.9. The normalized spacial score (nSPS) is 16.9. The zero-order chi connectivity index (χ0) is 19.5. The Morgan fingerprint density at radius 2 is 1.70 bits per heavy atom. The Hall–Kier alpha value is -2.59. The van der Waals surface area contributed by atoms with Gasteiger partial charge in [0.2, 0.25) is 0 Å². The molecule has 0 aliphatic carbocycles. The number of benzene rings is 2. The van der Waals surface area contributed by atoms with Gasteiger partial charge in [-0.3, -0.25) is 4.99 Å². The fourth-order valence-corrected chi connectivity index (χ4v) is 3.21. The van der Waals surface area contributed by atoms with Gasteiger partial charge in [0.05, 0.1) is 11.2 Å². The molecule has 0 bridgehead atoms. The van der Waals surface area contributed by atoms with Crippen molar-refractivity contribution in [2.75, 3.05) is 0 Å². The van der Waals surface area contributed by atoms with Crippen LogP contribution in [0.5, 0.6) is 0 Å². The third-order valence-electron chi connectivity index (χ3n) is 4.84. The molecule has 0 fully saturated rings. The first-order chi connectivity index (χ1) is 12.8. The van der Waals surface area contributed by atoms with Gasteiger partial charge in [-0.05, 0) is 30.2 Å². The van der Waals surface area contributed by atoms with Crippen LogP contribution in [0.1, 0.15) is 37.0 Å². The van der Waals surface area contributed by atoms with E-state index in [4.69, 9.17) is 5.73 Å². The number of alkyl halides is 2. The van der Waals surface area contributed by atoms with Gasteiger partial charge in [-0.2, -0.15) is 0 Å². The molecule has 0 aromatic heterocycles. The van der Waals surface area contributed by atoms with Crippen LogP contribution in [-0.2, 0) is 17.9 Å². The number of hydrogen-bond acceptors (Lipinski definition) is 2. The Kier molecular flexibility index (Phi) is 5.38. The van der Waals surface area contributed by atoms with E-state index in [0.29, 0.717) is 17.7 Å². The lowest BCUT2D eigenvalue weighted by Gasteiger charge is -2.31. The minimum Gasteiger partial charge on any atom is -0.316 e. The van der Waals surface area contributed by atoms with Crippen molar-refractivity contribution < 1.29 is 8.78 Å². The zero-order valence-corrected chi connectivity index (χ0v) is 15.6. The standard InChI is InChI=1S/C23H24F2N2/c1-17-11-12-21(27-14-13-17)23(26,16-18-7-4-3-5-8-18)20-10-6-9-19(15-20)22(2,24)25/h3-12,14-15H,13,16,26H2,1-2H3. The molecule has 2 aromatic rings. The molecule has 27 heavy (non-hydrogen) atoms. The van der Waals surface area contributed by atoms with Crippen LogP contribution >= 0.6 is 0 Å². The Labute approximate surface area is 159 Å². The lowest BCUT2D eigenvalue weighted by Crippen LogP contribution is -2.41. The van der Waals surface area contributed by atoms with Crippen LogP contribution in [0.2, 0.25) is 0 Å². The van der Waals surface area contributed by atoms with Crippen molar-refractivity contribution in [1.29, 1.82) is 0 Å². The molecule has 1 atom stereocenters. The van der Waals surface area contributed by atoms with Crippen molar-refractivity contribution in [2.24, 2.45) is 10.7 Å². The molecule has 3 rings (SSSR count). The molecule has 0 saturated heterocycles. The predicted molar refractivity (Wildman–Crippen MR) is 107 cm³/mol. The average molecular weight is 366 g/mol. The highest BCUT2D eigenvalue weighted by molar-refractivity contribution is 5.65. The van der Waals surface area contributed by atoms with E-state index in [0.717, 1.165) is 18.9 Å². The molecule has 0 radical (unpaired) electrons. The summed E-state index contributed by atoms with van der Waals surface area (Å²) in [5.74, 6) is -2.93. The number of nitrogens with two attached hydrogens (primary N) is 1. The van der Waals surface area contributed by atoms with Gasteiger partial charge in [0.15, 0.2) is 0 Å². The molecule has 0 spiro atoms. The highest BCUT2D eigenvalue weighted by atomic mass is 19.3. The molecule has 2 nitrogen and oxygen atoms in total. The highest BCUT2D eigenvalue weighted by Gasteiger charge is 2.34.